The van der Waals surface area contributed by atoms with Crippen LogP contribution in [-0.2, 0) is 6.42 Å². The second-order valence-electron chi connectivity index (χ2n) is 6.59. The predicted octanol–water partition coefficient (Wildman–Crippen LogP) is 4.48. The maximum absolute atomic E-state index is 12.8. The van der Waals surface area contributed by atoms with Gasteiger partial charge in [-0.15, -0.1) is 0 Å². The van der Waals surface area contributed by atoms with Gasteiger partial charge in [0.2, 0.25) is 0 Å². The minimum atomic E-state index is -1.03. The van der Waals surface area contributed by atoms with E-state index in [0.717, 1.165) is 5.56 Å². The van der Waals surface area contributed by atoms with E-state index >= 15 is 0 Å². The van der Waals surface area contributed by atoms with E-state index in [1.165, 1.54) is 13.2 Å². The molecule has 4 rings (SSSR count). The van der Waals surface area contributed by atoms with Crippen molar-refractivity contribution in [2.45, 2.75) is 6.42 Å². The highest BCUT2D eigenvalue weighted by Crippen LogP contribution is 2.37. The third kappa shape index (κ3) is 3.29. The number of Topliss-reactive ketones (excluding diaryl/α,β-unsaturated/α-hetero) is 1. The third-order valence-electron chi connectivity index (χ3n) is 4.89. The molecular weight excluding hydrogens is 372 g/mol. The van der Waals surface area contributed by atoms with Crippen LogP contribution in [0, 0.1) is 0 Å². The first kappa shape index (κ1) is 18.6. The van der Waals surface area contributed by atoms with Gasteiger partial charge < -0.3 is 19.0 Å². The first-order chi connectivity index (χ1) is 14.0. The molecule has 0 amide bonds. The molecule has 1 heterocycles. The second-order valence-corrected chi connectivity index (χ2v) is 6.59. The molecule has 0 saturated carbocycles. The number of fused-ring (bicyclic) bond motifs is 1. The summed E-state index contributed by atoms with van der Waals surface area (Å²) in [7, 11) is 3.08. The van der Waals surface area contributed by atoms with Crippen LogP contribution in [-0.4, -0.2) is 31.1 Å². The smallest absolute Gasteiger partial charge is 0.336 e. The first-order valence-electron chi connectivity index (χ1n) is 8.94. The lowest BCUT2D eigenvalue weighted by Gasteiger charge is -2.08. The molecule has 0 unspecified atom stereocenters. The molecule has 6 nitrogen and oxygen atoms in total. The van der Waals surface area contributed by atoms with E-state index in [2.05, 4.69) is 0 Å². The van der Waals surface area contributed by atoms with Crippen molar-refractivity contribution in [3.63, 3.8) is 0 Å². The van der Waals surface area contributed by atoms with E-state index in [9.17, 15) is 14.7 Å². The maximum Gasteiger partial charge on any atom is 0.336 e. The van der Waals surface area contributed by atoms with Gasteiger partial charge in [-0.1, -0.05) is 18.2 Å². The fraction of sp³-hybridized carbons (Fsp3) is 0.130. The number of carboxylic acid groups (broad SMARTS) is 1. The van der Waals surface area contributed by atoms with Crippen LogP contribution in [0.4, 0.5) is 0 Å². The summed E-state index contributed by atoms with van der Waals surface area (Å²) in [6.07, 6.45) is 2.14. The minimum Gasteiger partial charge on any atom is -0.493 e. The Bertz CT molecular complexity index is 1150. The number of benzene rings is 2. The number of furan rings is 1. The molecule has 1 aliphatic rings. The summed E-state index contributed by atoms with van der Waals surface area (Å²) >= 11 is 0. The summed E-state index contributed by atoms with van der Waals surface area (Å²) < 4.78 is 16.4. The van der Waals surface area contributed by atoms with Gasteiger partial charge in [0.05, 0.1) is 19.8 Å². The Morgan fingerprint density at radius 2 is 1.76 bits per heavy atom. The SMILES string of the molecule is COc1cc2c(cc1OC)C(=O)/C(=C\c1ccc(-c3ccccc3C(=O)O)o1)C2. The standard InChI is InChI=1S/C23H18O6/c1-27-20-11-13-9-14(22(24)18(13)12-21(20)28-2)10-15-7-8-19(29-15)16-5-3-4-6-17(16)23(25)26/h3-8,10-12H,9H2,1-2H3,(H,25,26)/b14-10-. The maximum atomic E-state index is 12.8. The van der Waals surface area contributed by atoms with E-state index in [4.69, 9.17) is 13.9 Å². The molecule has 0 bridgehead atoms. The van der Waals surface area contributed by atoms with Gasteiger partial charge in [0.15, 0.2) is 17.3 Å². The Morgan fingerprint density at radius 1 is 1.03 bits per heavy atom. The van der Waals surface area contributed by atoms with Crippen LogP contribution in [0.15, 0.2) is 58.5 Å². The van der Waals surface area contributed by atoms with Crippen LogP contribution < -0.4 is 9.47 Å². The number of hydrogen-bond acceptors (Lipinski definition) is 5. The van der Waals surface area contributed by atoms with Crippen molar-refractivity contribution in [1.29, 1.82) is 0 Å². The van der Waals surface area contributed by atoms with Crippen molar-refractivity contribution in [3.05, 3.63) is 76.6 Å². The fourth-order valence-electron chi connectivity index (χ4n) is 3.49. The van der Waals surface area contributed by atoms with Crippen LogP contribution in [0.5, 0.6) is 11.5 Å². The van der Waals surface area contributed by atoms with E-state index in [0.29, 0.717) is 46.1 Å². The van der Waals surface area contributed by atoms with Gasteiger partial charge in [0.25, 0.3) is 0 Å². The topological polar surface area (TPSA) is 86.0 Å². The van der Waals surface area contributed by atoms with Gasteiger partial charge in [-0.05, 0) is 42.0 Å². The molecule has 0 fully saturated rings. The quantitative estimate of drug-likeness (QED) is 0.646. The highest BCUT2D eigenvalue weighted by Gasteiger charge is 2.27. The van der Waals surface area contributed by atoms with Crippen molar-refractivity contribution in [2.24, 2.45) is 0 Å². The molecule has 1 N–H and O–H groups in total. The van der Waals surface area contributed by atoms with Crippen LogP contribution in [0.1, 0.15) is 32.0 Å². The van der Waals surface area contributed by atoms with E-state index in [1.54, 1.807) is 49.6 Å². The van der Waals surface area contributed by atoms with Gasteiger partial charge in [-0.3, -0.25) is 4.79 Å². The lowest BCUT2D eigenvalue weighted by Crippen LogP contribution is -1.98. The number of rotatable bonds is 5. The largest absolute Gasteiger partial charge is 0.493 e. The Kier molecular flexibility index (Phi) is 4.68. The highest BCUT2D eigenvalue weighted by molar-refractivity contribution is 6.15. The minimum absolute atomic E-state index is 0.0927. The Labute approximate surface area is 167 Å². The monoisotopic (exact) mass is 390 g/mol. The molecule has 1 aliphatic carbocycles. The zero-order valence-electron chi connectivity index (χ0n) is 15.9. The van der Waals surface area contributed by atoms with Crippen molar-refractivity contribution < 1.29 is 28.6 Å². The summed E-state index contributed by atoms with van der Waals surface area (Å²) in [5, 5.41) is 9.37. The van der Waals surface area contributed by atoms with Gasteiger partial charge >= 0.3 is 5.97 Å². The molecular formula is C23H18O6. The van der Waals surface area contributed by atoms with Crippen LogP contribution in [0.25, 0.3) is 17.4 Å². The van der Waals surface area contributed by atoms with E-state index in [1.807, 2.05) is 6.07 Å². The molecule has 0 spiro atoms. The summed E-state index contributed by atoms with van der Waals surface area (Å²) in [5.41, 5.74) is 2.67. The number of hydrogen-bond donors (Lipinski definition) is 1. The fourth-order valence-corrected chi connectivity index (χ4v) is 3.49. The molecule has 146 valence electrons. The molecule has 1 aromatic heterocycles. The second kappa shape index (κ2) is 7.31. The predicted molar refractivity (Wildman–Crippen MR) is 107 cm³/mol. The average molecular weight is 390 g/mol. The van der Waals surface area contributed by atoms with Crippen LogP contribution in [0.3, 0.4) is 0 Å². The van der Waals surface area contributed by atoms with Crippen molar-refractivity contribution in [3.8, 4) is 22.8 Å². The molecule has 0 radical (unpaired) electrons. The van der Waals surface area contributed by atoms with Gasteiger partial charge in [0, 0.05) is 23.1 Å². The van der Waals surface area contributed by atoms with Gasteiger partial charge in [-0.25, -0.2) is 4.79 Å². The van der Waals surface area contributed by atoms with Crippen LogP contribution in [0.2, 0.25) is 0 Å². The molecule has 0 atom stereocenters. The number of carboxylic acids is 1. The van der Waals surface area contributed by atoms with Gasteiger partial charge in [0.1, 0.15) is 11.5 Å². The number of ether oxygens (including phenoxy) is 2. The molecule has 6 heteroatoms. The van der Waals surface area contributed by atoms with Crippen molar-refractivity contribution in [2.75, 3.05) is 14.2 Å². The summed E-state index contributed by atoms with van der Waals surface area (Å²) in [6.45, 7) is 0. The number of methoxy groups -OCH3 is 2. The normalized spacial score (nSPS) is 14.1. The number of carbonyl (C=O) groups excluding carboxylic acids is 1. The molecule has 0 saturated heterocycles. The van der Waals surface area contributed by atoms with E-state index in [-0.39, 0.29) is 11.3 Å². The number of allylic oxidation sites excluding steroid dienone is 1. The van der Waals surface area contributed by atoms with Crippen molar-refractivity contribution >= 4 is 17.8 Å². The molecule has 0 aliphatic heterocycles. The Hall–Kier alpha value is -3.80. The summed E-state index contributed by atoms with van der Waals surface area (Å²) in [5.74, 6) is 0.875. The number of aromatic carboxylic acids is 1. The lowest BCUT2D eigenvalue weighted by atomic mass is 10.1. The summed E-state index contributed by atoms with van der Waals surface area (Å²) in [6, 6.07) is 13.5. The number of ketones is 1. The van der Waals surface area contributed by atoms with Gasteiger partial charge in [-0.2, -0.15) is 0 Å². The zero-order valence-corrected chi connectivity index (χ0v) is 15.9. The zero-order chi connectivity index (χ0) is 20.5. The molecule has 3 aromatic rings. The summed E-state index contributed by atoms with van der Waals surface area (Å²) in [4.78, 5) is 24.2. The van der Waals surface area contributed by atoms with Crippen LogP contribution >= 0.6 is 0 Å². The average Bonchev–Trinajstić information content (AvgIpc) is 3.32. The Morgan fingerprint density at radius 3 is 2.48 bits per heavy atom. The number of carbonyl (C=O) groups is 2. The highest BCUT2D eigenvalue weighted by atomic mass is 16.5. The Balaban J connectivity index is 1.67. The first-order valence-corrected chi connectivity index (χ1v) is 8.94. The molecule has 29 heavy (non-hydrogen) atoms. The third-order valence-corrected chi connectivity index (χ3v) is 4.89. The lowest BCUT2D eigenvalue weighted by molar-refractivity contribution is 0.0697. The van der Waals surface area contributed by atoms with E-state index < -0.39 is 5.97 Å². The van der Waals surface area contributed by atoms with Crippen molar-refractivity contribution in [1.82, 2.24) is 0 Å². The molecule has 2 aromatic carbocycles.